The lowest BCUT2D eigenvalue weighted by Gasteiger charge is -2.23. The molecule has 0 saturated carbocycles. The van der Waals surface area contributed by atoms with Crippen LogP contribution in [0.15, 0.2) is 42.6 Å². The summed E-state index contributed by atoms with van der Waals surface area (Å²) in [5.74, 6) is 0.262. The van der Waals surface area contributed by atoms with Crippen molar-refractivity contribution < 1.29 is 27.5 Å². The normalized spacial score (nSPS) is 14.7. The summed E-state index contributed by atoms with van der Waals surface area (Å²) >= 11 is 0. The number of nitrogens with one attached hydrogen (secondary N) is 1. The van der Waals surface area contributed by atoms with Crippen LogP contribution in [0, 0.1) is 0 Å². The Hall–Kier alpha value is -3.30. The minimum Gasteiger partial charge on any atom is -0.450 e. The summed E-state index contributed by atoms with van der Waals surface area (Å²) in [4.78, 5) is 32.0. The molecule has 10 heteroatoms. The Bertz CT molecular complexity index is 919. The van der Waals surface area contributed by atoms with Gasteiger partial charge in [0.05, 0.1) is 12.2 Å². The second-order valence-corrected chi connectivity index (χ2v) is 6.96. The minimum atomic E-state index is -4.43. The van der Waals surface area contributed by atoms with E-state index in [1.54, 1.807) is 36.1 Å². The van der Waals surface area contributed by atoms with Crippen molar-refractivity contribution in [1.82, 2.24) is 9.88 Å². The van der Waals surface area contributed by atoms with Gasteiger partial charge in [0.1, 0.15) is 5.82 Å². The third kappa shape index (κ3) is 5.87. The molecule has 0 radical (unpaired) electrons. The fourth-order valence-corrected chi connectivity index (χ4v) is 3.29. The van der Waals surface area contributed by atoms with Crippen molar-refractivity contribution in [3.05, 3.63) is 53.7 Å². The molecule has 1 aromatic heterocycles. The second-order valence-electron chi connectivity index (χ2n) is 6.96. The van der Waals surface area contributed by atoms with Crippen LogP contribution in [0.3, 0.4) is 0 Å². The van der Waals surface area contributed by atoms with Gasteiger partial charge in [-0.3, -0.25) is 10.1 Å². The van der Waals surface area contributed by atoms with Gasteiger partial charge in [-0.05, 0) is 43.7 Å². The van der Waals surface area contributed by atoms with E-state index in [9.17, 15) is 22.8 Å². The summed E-state index contributed by atoms with van der Waals surface area (Å²) in [6, 6.07) is 8.94. The molecule has 2 aromatic rings. The van der Waals surface area contributed by atoms with Crippen molar-refractivity contribution in [1.29, 1.82) is 0 Å². The molecule has 0 bridgehead atoms. The lowest BCUT2D eigenvalue weighted by molar-refractivity contribution is -0.137. The van der Waals surface area contributed by atoms with E-state index < -0.39 is 17.8 Å². The lowest BCUT2D eigenvalue weighted by Crippen LogP contribution is -2.35. The SMILES string of the molecule is CCOC(=O)Nc1cccc(C(=O)N2CCCN(c3ccc(C(F)(F)F)cn3)CC2)c1. The van der Waals surface area contributed by atoms with Gasteiger partial charge in [-0.15, -0.1) is 0 Å². The molecule has 0 unspecified atom stereocenters. The van der Waals surface area contributed by atoms with Gasteiger partial charge in [-0.25, -0.2) is 9.78 Å². The highest BCUT2D eigenvalue weighted by Crippen LogP contribution is 2.29. The summed E-state index contributed by atoms with van der Waals surface area (Å²) in [7, 11) is 0. The zero-order valence-corrected chi connectivity index (χ0v) is 17.0. The molecule has 7 nitrogen and oxygen atoms in total. The van der Waals surface area contributed by atoms with Crippen LogP contribution in [0.5, 0.6) is 0 Å². The molecule has 1 saturated heterocycles. The predicted octanol–water partition coefficient (Wildman–Crippen LogP) is 4.02. The van der Waals surface area contributed by atoms with Gasteiger partial charge in [-0.1, -0.05) is 6.07 Å². The first-order chi connectivity index (χ1) is 14.8. The molecule has 31 heavy (non-hydrogen) atoms. The second kappa shape index (κ2) is 9.67. The van der Waals surface area contributed by atoms with Crippen LogP contribution in [0.25, 0.3) is 0 Å². The zero-order valence-electron chi connectivity index (χ0n) is 17.0. The summed E-state index contributed by atoms with van der Waals surface area (Å²) in [5.41, 5.74) is 0.0873. The van der Waals surface area contributed by atoms with Crippen LogP contribution < -0.4 is 10.2 Å². The number of rotatable bonds is 4. The number of hydrogen-bond donors (Lipinski definition) is 1. The number of halogens is 3. The van der Waals surface area contributed by atoms with Gasteiger partial charge < -0.3 is 14.5 Å². The van der Waals surface area contributed by atoms with E-state index in [0.717, 1.165) is 12.3 Å². The van der Waals surface area contributed by atoms with Crippen LogP contribution in [0.2, 0.25) is 0 Å². The molecule has 2 amide bonds. The summed E-state index contributed by atoms with van der Waals surface area (Å²) < 4.78 is 43.1. The molecule has 1 fully saturated rings. The quantitative estimate of drug-likeness (QED) is 0.784. The van der Waals surface area contributed by atoms with Crippen LogP contribution >= 0.6 is 0 Å². The fraction of sp³-hybridized carbons (Fsp3) is 0.381. The number of aromatic nitrogens is 1. The number of hydrogen-bond acceptors (Lipinski definition) is 5. The Balaban J connectivity index is 1.64. The minimum absolute atomic E-state index is 0.185. The van der Waals surface area contributed by atoms with E-state index in [-0.39, 0.29) is 12.5 Å². The van der Waals surface area contributed by atoms with E-state index in [4.69, 9.17) is 4.74 Å². The highest BCUT2D eigenvalue weighted by atomic mass is 19.4. The first-order valence-electron chi connectivity index (χ1n) is 9.89. The maximum atomic E-state index is 12.9. The average Bonchev–Trinajstić information content (AvgIpc) is 2.99. The molecule has 1 aromatic carbocycles. The number of ether oxygens (including phenoxy) is 1. The Kier molecular flexibility index (Phi) is 6.98. The van der Waals surface area contributed by atoms with Gasteiger partial charge in [0.2, 0.25) is 0 Å². The highest BCUT2D eigenvalue weighted by molar-refractivity contribution is 5.96. The maximum absolute atomic E-state index is 12.9. The number of amides is 2. The zero-order chi connectivity index (χ0) is 22.4. The van der Waals surface area contributed by atoms with Crippen molar-refractivity contribution >= 4 is 23.5 Å². The van der Waals surface area contributed by atoms with Gasteiger partial charge in [0.15, 0.2) is 0 Å². The topological polar surface area (TPSA) is 74.8 Å². The Morgan fingerprint density at radius 2 is 1.94 bits per heavy atom. The van der Waals surface area contributed by atoms with Crippen LogP contribution in [-0.4, -0.2) is 54.7 Å². The molecule has 0 aliphatic carbocycles. The number of carbonyl (C=O) groups is 2. The molecule has 1 N–H and O–H groups in total. The van der Waals surface area contributed by atoms with Crippen molar-refractivity contribution in [2.75, 3.05) is 43.0 Å². The molecule has 0 spiro atoms. The molecule has 166 valence electrons. The van der Waals surface area contributed by atoms with Gasteiger partial charge in [0, 0.05) is 43.6 Å². The van der Waals surface area contributed by atoms with Gasteiger partial charge in [-0.2, -0.15) is 13.2 Å². The van der Waals surface area contributed by atoms with Gasteiger partial charge in [0.25, 0.3) is 5.91 Å². The molecule has 2 heterocycles. The summed E-state index contributed by atoms with van der Waals surface area (Å²) in [5, 5.41) is 2.57. The number of pyridine rings is 1. The van der Waals surface area contributed by atoms with E-state index in [2.05, 4.69) is 10.3 Å². The Morgan fingerprint density at radius 3 is 2.61 bits per heavy atom. The number of anilines is 2. The van der Waals surface area contributed by atoms with E-state index in [1.807, 2.05) is 4.90 Å². The standard InChI is InChI=1S/C21H23F3N4O3/c1-2-31-20(30)26-17-6-3-5-15(13-17)19(29)28-10-4-9-27(11-12-28)18-8-7-16(14-25-18)21(22,23)24/h3,5-8,13-14H,2,4,9-12H2,1H3,(H,26,30). The molecule has 1 aliphatic rings. The summed E-state index contributed by atoms with van der Waals surface area (Å²) in [6.45, 7) is 3.87. The number of alkyl halides is 3. The molecular weight excluding hydrogens is 413 g/mol. The first kappa shape index (κ1) is 22.4. The highest BCUT2D eigenvalue weighted by Gasteiger charge is 2.31. The van der Waals surface area contributed by atoms with Crippen molar-refractivity contribution in [2.45, 2.75) is 19.5 Å². The maximum Gasteiger partial charge on any atom is 0.417 e. The largest absolute Gasteiger partial charge is 0.450 e. The monoisotopic (exact) mass is 436 g/mol. The number of carbonyl (C=O) groups excluding carboxylic acids is 2. The lowest BCUT2D eigenvalue weighted by atomic mass is 10.1. The molecular formula is C21H23F3N4O3. The third-order valence-corrected chi connectivity index (χ3v) is 4.81. The van der Waals surface area contributed by atoms with E-state index >= 15 is 0 Å². The van der Waals surface area contributed by atoms with Crippen LogP contribution in [-0.2, 0) is 10.9 Å². The smallest absolute Gasteiger partial charge is 0.417 e. The van der Waals surface area contributed by atoms with E-state index in [0.29, 0.717) is 49.7 Å². The average molecular weight is 436 g/mol. The van der Waals surface area contributed by atoms with Crippen molar-refractivity contribution in [3.63, 3.8) is 0 Å². The third-order valence-electron chi connectivity index (χ3n) is 4.81. The fourth-order valence-electron chi connectivity index (χ4n) is 3.29. The predicted molar refractivity (Wildman–Crippen MR) is 109 cm³/mol. The number of benzene rings is 1. The number of nitrogens with zero attached hydrogens (tertiary/aromatic N) is 3. The molecule has 1 aliphatic heterocycles. The molecule has 3 rings (SSSR count). The van der Waals surface area contributed by atoms with Crippen LogP contribution in [0.1, 0.15) is 29.3 Å². The Morgan fingerprint density at radius 1 is 1.13 bits per heavy atom. The summed E-state index contributed by atoms with van der Waals surface area (Å²) in [6.07, 6.45) is -3.55. The van der Waals surface area contributed by atoms with Crippen LogP contribution in [0.4, 0.5) is 29.5 Å². The Labute approximate surface area is 177 Å². The van der Waals surface area contributed by atoms with Crippen molar-refractivity contribution in [2.24, 2.45) is 0 Å². The van der Waals surface area contributed by atoms with Gasteiger partial charge >= 0.3 is 12.3 Å². The van der Waals surface area contributed by atoms with E-state index in [1.165, 1.54) is 6.07 Å². The van der Waals surface area contributed by atoms with Crippen molar-refractivity contribution in [3.8, 4) is 0 Å². The first-order valence-corrected chi connectivity index (χ1v) is 9.89. The molecule has 0 atom stereocenters.